The van der Waals surface area contributed by atoms with Crippen LogP contribution in [-0.2, 0) is 26.2 Å². The lowest BCUT2D eigenvalue weighted by Crippen LogP contribution is -2.50. The Morgan fingerprint density at radius 2 is 1.58 bits per heavy atom. The number of amides is 2. The van der Waals surface area contributed by atoms with E-state index < -0.39 is 28.5 Å². The summed E-state index contributed by atoms with van der Waals surface area (Å²) in [7, 11) is -2.58. The number of nitrogens with zero attached hydrogens (tertiary/aromatic N) is 2. The summed E-state index contributed by atoms with van der Waals surface area (Å²) in [6.45, 7) is 7.29. The number of halogens is 1. The highest BCUT2D eigenvalue weighted by Gasteiger charge is 2.32. The van der Waals surface area contributed by atoms with E-state index in [1.165, 1.54) is 24.1 Å². The fourth-order valence-corrected chi connectivity index (χ4v) is 5.88. The summed E-state index contributed by atoms with van der Waals surface area (Å²) < 4.78 is 29.7. The Kier molecular flexibility index (Phi) is 9.73. The number of aryl methyl sites for hydroxylation is 1. The van der Waals surface area contributed by atoms with E-state index in [4.69, 9.17) is 0 Å². The normalized spacial score (nSPS) is 12.2. The van der Waals surface area contributed by atoms with E-state index in [0.29, 0.717) is 5.69 Å². The number of hydrogen-bond donors (Lipinski definition) is 1. The average molecular weight is 601 g/mol. The highest BCUT2D eigenvalue weighted by molar-refractivity contribution is 9.10. The van der Waals surface area contributed by atoms with Gasteiger partial charge in [-0.15, -0.1) is 0 Å². The molecule has 0 heterocycles. The highest BCUT2D eigenvalue weighted by atomic mass is 79.9. The van der Waals surface area contributed by atoms with Crippen molar-refractivity contribution in [2.75, 3.05) is 17.9 Å². The van der Waals surface area contributed by atoms with Crippen LogP contribution in [0.1, 0.15) is 43.4 Å². The summed E-state index contributed by atoms with van der Waals surface area (Å²) >= 11 is 3.44. The zero-order valence-corrected chi connectivity index (χ0v) is 24.7. The molecule has 0 aliphatic heterocycles. The van der Waals surface area contributed by atoms with Crippen molar-refractivity contribution in [3.8, 4) is 0 Å². The molecule has 0 spiro atoms. The largest absolute Gasteiger partial charge is 0.357 e. The molecule has 3 aromatic rings. The fraction of sp³-hybridized carbons (Fsp3) is 0.310. The number of rotatable bonds is 10. The van der Waals surface area contributed by atoms with Crippen LogP contribution in [0.2, 0.25) is 0 Å². The molecule has 38 heavy (non-hydrogen) atoms. The molecule has 0 bridgehead atoms. The summed E-state index contributed by atoms with van der Waals surface area (Å²) in [4.78, 5) is 27.9. The number of hydrogen-bond acceptors (Lipinski definition) is 4. The van der Waals surface area contributed by atoms with E-state index in [1.807, 2.05) is 43.3 Å². The molecular weight excluding hydrogens is 566 g/mol. The van der Waals surface area contributed by atoms with Gasteiger partial charge >= 0.3 is 0 Å². The molecule has 0 unspecified atom stereocenters. The monoisotopic (exact) mass is 599 g/mol. The summed E-state index contributed by atoms with van der Waals surface area (Å²) in [6, 6.07) is 20.3. The molecule has 3 rings (SSSR count). The van der Waals surface area contributed by atoms with Crippen LogP contribution in [0, 0.1) is 6.92 Å². The second-order valence-corrected chi connectivity index (χ2v) is 12.3. The molecular formula is C29H34BrN3O4S. The van der Waals surface area contributed by atoms with Crippen molar-refractivity contribution in [3.63, 3.8) is 0 Å². The first kappa shape index (κ1) is 29.4. The maximum atomic E-state index is 13.9. The van der Waals surface area contributed by atoms with Crippen molar-refractivity contribution >= 4 is 43.5 Å². The minimum absolute atomic E-state index is 0.0849. The molecule has 0 aliphatic carbocycles. The lowest BCUT2D eigenvalue weighted by atomic mass is 10.0. The van der Waals surface area contributed by atoms with Crippen LogP contribution in [0.15, 0.2) is 82.2 Å². The van der Waals surface area contributed by atoms with Gasteiger partial charge in [0.25, 0.3) is 10.0 Å². The number of benzene rings is 3. The van der Waals surface area contributed by atoms with Gasteiger partial charge in [0.05, 0.1) is 10.6 Å². The van der Waals surface area contributed by atoms with Crippen LogP contribution in [0.3, 0.4) is 0 Å². The molecule has 1 atom stereocenters. The van der Waals surface area contributed by atoms with E-state index in [0.717, 1.165) is 25.5 Å². The van der Waals surface area contributed by atoms with Gasteiger partial charge in [-0.25, -0.2) is 8.42 Å². The van der Waals surface area contributed by atoms with E-state index in [-0.39, 0.29) is 23.3 Å². The van der Waals surface area contributed by atoms with Crippen LogP contribution in [0.25, 0.3) is 0 Å². The molecule has 0 fully saturated rings. The third kappa shape index (κ3) is 7.02. The van der Waals surface area contributed by atoms with E-state index in [2.05, 4.69) is 35.1 Å². The van der Waals surface area contributed by atoms with Crippen molar-refractivity contribution < 1.29 is 18.0 Å². The Labute approximate surface area is 234 Å². The molecule has 9 heteroatoms. The maximum Gasteiger partial charge on any atom is 0.264 e. The number of sulfonamides is 1. The first-order chi connectivity index (χ1) is 17.9. The topological polar surface area (TPSA) is 86.8 Å². The Balaban J connectivity index is 2.04. The number of carbonyl (C=O) groups excluding carboxylic acids is 2. The SMILES string of the molecule is CNC(=O)[C@@H](C)N(Cc1cccc(Br)c1)C(=O)CN(c1ccc(C(C)C)cc1)S(=O)(=O)c1ccc(C)cc1. The van der Waals surface area contributed by atoms with Crippen LogP contribution in [0.4, 0.5) is 5.69 Å². The van der Waals surface area contributed by atoms with Crippen LogP contribution >= 0.6 is 15.9 Å². The second-order valence-electron chi connectivity index (χ2n) is 9.51. The van der Waals surface area contributed by atoms with Gasteiger partial charge in [0, 0.05) is 18.1 Å². The quantitative estimate of drug-likeness (QED) is 0.345. The van der Waals surface area contributed by atoms with Crippen molar-refractivity contribution in [1.82, 2.24) is 10.2 Å². The van der Waals surface area contributed by atoms with Gasteiger partial charge in [0.2, 0.25) is 11.8 Å². The molecule has 202 valence electrons. The second kappa shape index (κ2) is 12.6. The third-order valence-electron chi connectivity index (χ3n) is 6.39. The third-order valence-corrected chi connectivity index (χ3v) is 8.67. The predicted molar refractivity (Wildman–Crippen MR) is 154 cm³/mol. The van der Waals surface area contributed by atoms with Crippen molar-refractivity contribution in [2.45, 2.75) is 51.1 Å². The molecule has 0 aliphatic rings. The summed E-state index contributed by atoms with van der Waals surface area (Å²) in [5.41, 5.74) is 3.15. The lowest BCUT2D eigenvalue weighted by molar-refractivity contribution is -0.139. The Hall–Kier alpha value is -3.17. The van der Waals surface area contributed by atoms with Gasteiger partial charge in [0.1, 0.15) is 12.6 Å². The summed E-state index contributed by atoms with van der Waals surface area (Å²) in [5, 5.41) is 2.59. The van der Waals surface area contributed by atoms with Crippen LogP contribution < -0.4 is 9.62 Å². The number of likely N-dealkylation sites (N-methyl/N-ethyl adjacent to an activating group) is 1. The Bertz CT molecular complexity index is 1370. The molecule has 7 nitrogen and oxygen atoms in total. The van der Waals surface area contributed by atoms with Gasteiger partial charge in [-0.05, 0) is 67.3 Å². The predicted octanol–water partition coefficient (Wildman–Crippen LogP) is 5.24. The molecule has 2 amide bonds. The first-order valence-electron chi connectivity index (χ1n) is 12.4. The average Bonchev–Trinajstić information content (AvgIpc) is 2.89. The molecule has 0 radical (unpaired) electrons. The smallest absolute Gasteiger partial charge is 0.264 e. The van der Waals surface area contributed by atoms with Gasteiger partial charge in [-0.1, -0.05) is 71.7 Å². The van der Waals surface area contributed by atoms with Crippen LogP contribution in [0.5, 0.6) is 0 Å². The lowest BCUT2D eigenvalue weighted by Gasteiger charge is -2.32. The number of carbonyl (C=O) groups is 2. The van der Waals surface area contributed by atoms with E-state index in [9.17, 15) is 18.0 Å². The summed E-state index contributed by atoms with van der Waals surface area (Å²) in [5.74, 6) is -0.575. The van der Waals surface area contributed by atoms with Crippen LogP contribution in [-0.4, -0.2) is 44.8 Å². The van der Waals surface area contributed by atoms with Crippen molar-refractivity contribution in [1.29, 1.82) is 0 Å². The van der Waals surface area contributed by atoms with Gasteiger partial charge in [-0.2, -0.15) is 0 Å². The fourth-order valence-electron chi connectivity index (χ4n) is 4.02. The highest BCUT2D eigenvalue weighted by Crippen LogP contribution is 2.27. The summed E-state index contributed by atoms with van der Waals surface area (Å²) in [6.07, 6.45) is 0. The zero-order valence-electron chi connectivity index (χ0n) is 22.3. The molecule has 3 aromatic carbocycles. The van der Waals surface area contributed by atoms with E-state index >= 15 is 0 Å². The van der Waals surface area contributed by atoms with Gasteiger partial charge in [-0.3, -0.25) is 13.9 Å². The standard InChI is InChI=1S/C29H34BrN3O4S/c1-20(2)24-11-13-26(14-12-24)33(38(36,37)27-15-9-21(3)10-16-27)19-28(34)32(22(4)29(35)31-5)18-23-7-6-8-25(30)17-23/h6-17,20,22H,18-19H2,1-5H3,(H,31,35)/t22-/m1/s1. The van der Waals surface area contributed by atoms with Crippen molar-refractivity contribution in [3.05, 3.63) is 94.0 Å². The Morgan fingerprint density at radius 1 is 0.947 bits per heavy atom. The molecule has 0 aromatic heterocycles. The minimum atomic E-state index is -4.09. The molecule has 1 N–H and O–H groups in total. The molecule has 0 saturated carbocycles. The number of anilines is 1. The van der Waals surface area contributed by atoms with Gasteiger partial charge < -0.3 is 10.2 Å². The zero-order chi connectivity index (χ0) is 28.0. The first-order valence-corrected chi connectivity index (χ1v) is 14.6. The minimum Gasteiger partial charge on any atom is -0.357 e. The number of nitrogens with one attached hydrogen (secondary N) is 1. The van der Waals surface area contributed by atoms with Gasteiger partial charge in [0.15, 0.2) is 0 Å². The van der Waals surface area contributed by atoms with Crippen molar-refractivity contribution in [2.24, 2.45) is 0 Å². The molecule has 0 saturated heterocycles. The van der Waals surface area contributed by atoms with E-state index in [1.54, 1.807) is 31.2 Å². The maximum absolute atomic E-state index is 13.9. The Morgan fingerprint density at radius 3 is 2.13 bits per heavy atom.